The van der Waals surface area contributed by atoms with Crippen LogP contribution >= 0.6 is 0 Å². The molecule has 3 heterocycles. The predicted octanol–water partition coefficient (Wildman–Crippen LogP) is 4.65. The molecule has 2 aromatic carbocycles. The second-order valence-corrected chi connectivity index (χ2v) is 9.25. The maximum absolute atomic E-state index is 14.4. The van der Waals surface area contributed by atoms with Crippen LogP contribution in [0.3, 0.4) is 0 Å². The Morgan fingerprint density at radius 2 is 1.74 bits per heavy atom. The third-order valence-electron chi connectivity index (χ3n) is 6.57. The molecule has 0 saturated carbocycles. The van der Waals surface area contributed by atoms with Gasteiger partial charge in [-0.2, -0.15) is 14.4 Å². The molecule has 0 radical (unpaired) electrons. The van der Waals surface area contributed by atoms with Crippen molar-refractivity contribution in [2.75, 3.05) is 11.9 Å². The number of hydrogen-bond acceptors (Lipinski definition) is 7. The van der Waals surface area contributed by atoms with E-state index < -0.39 is 12.3 Å². The Kier molecular flexibility index (Phi) is 8.02. The predicted molar refractivity (Wildman–Crippen MR) is 138 cm³/mol. The number of carbonyl (C=O) groups is 1. The number of halogens is 1. The van der Waals surface area contributed by atoms with Crippen LogP contribution in [0.25, 0.3) is 11.2 Å². The minimum Gasteiger partial charge on any atom is -0.374 e. The van der Waals surface area contributed by atoms with E-state index in [1.165, 1.54) is 6.33 Å². The number of hydrogen-bond donors (Lipinski definition) is 1. The fraction of sp³-hybridized carbons (Fsp3) is 0.357. The standard InChI is InChI=1S/C28H30FN5O4/c1-3-22(35)31-25-23-26(33-28(29)32-25)34(17-30-23)27-18(2)24(37-15-20-12-8-5-9-13-20)21(38-27)16-36-14-19-10-6-4-7-11-19/h4-13,17-18,21,24,27H,3,14-16H2,1-2H3,(H,31,32,33,35)/t18-,21-,24?,27-/m1/s1. The van der Waals surface area contributed by atoms with E-state index in [9.17, 15) is 9.18 Å². The minimum absolute atomic E-state index is 0.0309. The van der Waals surface area contributed by atoms with E-state index in [2.05, 4.69) is 20.3 Å². The van der Waals surface area contributed by atoms with E-state index in [0.717, 1.165) is 11.1 Å². The van der Waals surface area contributed by atoms with Crippen LogP contribution in [0.5, 0.6) is 0 Å². The summed E-state index contributed by atoms with van der Waals surface area (Å²) in [5, 5.41) is 2.60. The van der Waals surface area contributed by atoms with Crippen LogP contribution < -0.4 is 5.32 Å². The molecule has 2 aromatic heterocycles. The van der Waals surface area contributed by atoms with Gasteiger partial charge in [0, 0.05) is 12.3 Å². The molecule has 1 N–H and O–H groups in total. The van der Waals surface area contributed by atoms with Gasteiger partial charge in [0.15, 0.2) is 17.0 Å². The second kappa shape index (κ2) is 11.8. The van der Waals surface area contributed by atoms with Gasteiger partial charge in [-0.05, 0) is 11.1 Å². The van der Waals surface area contributed by atoms with Crippen molar-refractivity contribution in [1.29, 1.82) is 0 Å². The molecule has 38 heavy (non-hydrogen) atoms. The van der Waals surface area contributed by atoms with Crippen LogP contribution in [0.2, 0.25) is 0 Å². The number of fused-ring (bicyclic) bond motifs is 1. The van der Waals surface area contributed by atoms with Crippen molar-refractivity contribution in [1.82, 2.24) is 19.5 Å². The summed E-state index contributed by atoms with van der Waals surface area (Å²) in [6, 6.07) is 19.8. The van der Waals surface area contributed by atoms with Crippen LogP contribution in [0.15, 0.2) is 67.0 Å². The van der Waals surface area contributed by atoms with Gasteiger partial charge in [-0.1, -0.05) is 74.5 Å². The maximum Gasteiger partial charge on any atom is 0.312 e. The van der Waals surface area contributed by atoms with Gasteiger partial charge >= 0.3 is 6.08 Å². The highest BCUT2D eigenvalue weighted by atomic mass is 19.1. The highest BCUT2D eigenvalue weighted by Crippen LogP contribution is 2.39. The Balaban J connectivity index is 1.39. The molecule has 1 amide bonds. The van der Waals surface area contributed by atoms with Crippen molar-refractivity contribution < 1.29 is 23.4 Å². The number of benzene rings is 2. The highest BCUT2D eigenvalue weighted by Gasteiger charge is 2.44. The third-order valence-corrected chi connectivity index (χ3v) is 6.57. The van der Waals surface area contributed by atoms with Crippen LogP contribution in [0.1, 0.15) is 37.6 Å². The summed E-state index contributed by atoms with van der Waals surface area (Å²) in [5.74, 6) is -0.411. The van der Waals surface area contributed by atoms with Crippen molar-refractivity contribution in [3.8, 4) is 0 Å². The topological polar surface area (TPSA) is 100 Å². The van der Waals surface area contributed by atoms with Crippen molar-refractivity contribution in [3.05, 3.63) is 84.2 Å². The zero-order chi connectivity index (χ0) is 26.5. The molecular weight excluding hydrogens is 489 g/mol. The fourth-order valence-corrected chi connectivity index (χ4v) is 4.61. The average molecular weight is 520 g/mol. The van der Waals surface area contributed by atoms with E-state index >= 15 is 0 Å². The van der Waals surface area contributed by atoms with E-state index in [1.807, 2.05) is 67.6 Å². The summed E-state index contributed by atoms with van der Waals surface area (Å²) in [6.45, 7) is 4.88. The van der Waals surface area contributed by atoms with Gasteiger partial charge in [0.2, 0.25) is 5.91 Å². The molecule has 4 atom stereocenters. The summed E-state index contributed by atoms with van der Waals surface area (Å²) < 4.78 is 34.9. The Morgan fingerprint density at radius 1 is 1.05 bits per heavy atom. The Labute approximate surface area is 220 Å². The molecule has 9 nitrogen and oxygen atoms in total. The second-order valence-electron chi connectivity index (χ2n) is 9.25. The molecule has 1 unspecified atom stereocenters. The molecule has 5 rings (SSSR count). The first-order chi connectivity index (χ1) is 18.5. The first-order valence-corrected chi connectivity index (χ1v) is 12.7. The van der Waals surface area contributed by atoms with Gasteiger partial charge in [0.25, 0.3) is 0 Å². The number of imidazole rings is 1. The van der Waals surface area contributed by atoms with Gasteiger partial charge in [0.05, 0.1) is 32.3 Å². The number of nitrogens with one attached hydrogen (secondary N) is 1. The third kappa shape index (κ3) is 5.72. The molecule has 0 spiro atoms. The highest BCUT2D eigenvalue weighted by molar-refractivity contribution is 5.96. The molecule has 198 valence electrons. The Bertz CT molecular complexity index is 1370. The molecule has 0 bridgehead atoms. The number of amides is 1. The zero-order valence-corrected chi connectivity index (χ0v) is 21.3. The maximum atomic E-state index is 14.4. The fourth-order valence-electron chi connectivity index (χ4n) is 4.61. The number of aromatic nitrogens is 4. The molecular formula is C28H30FN5O4. The number of nitrogens with zero attached hydrogens (tertiary/aromatic N) is 4. The minimum atomic E-state index is -0.962. The van der Waals surface area contributed by atoms with Crippen molar-refractivity contribution in [2.24, 2.45) is 5.92 Å². The molecule has 1 fully saturated rings. The lowest BCUT2D eigenvalue weighted by atomic mass is 10.0. The van der Waals surface area contributed by atoms with Gasteiger partial charge in [0.1, 0.15) is 12.3 Å². The Morgan fingerprint density at radius 3 is 2.42 bits per heavy atom. The number of anilines is 1. The summed E-state index contributed by atoms with van der Waals surface area (Å²) in [6.07, 6.45) is -0.443. The number of ether oxygens (including phenoxy) is 3. The van der Waals surface area contributed by atoms with E-state index in [4.69, 9.17) is 14.2 Å². The summed E-state index contributed by atoms with van der Waals surface area (Å²) in [7, 11) is 0. The van der Waals surface area contributed by atoms with Crippen molar-refractivity contribution in [2.45, 2.75) is 51.9 Å². The van der Waals surface area contributed by atoms with E-state index in [1.54, 1.807) is 11.5 Å². The normalized spacial score (nSPS) is 21.1. The van der Waals surface area contributed by atoms with Crippen LogP contribution in [0.4, 0.5) is 10.2 Å². The Hall–Kier alpha value is -3.73. The largest absolute Gasteiger partial charge is 0.374 e. The first kappa shape index (κ1) is 25.9. The quantitative estimate of drug-likeness (QED) is 0.305. The molecule has 1 saturated heterocycles. The summed E-state index contributed by atoms with van der Waals surface area (Å²) in [5.41, 5.74) is 2.63. The molecule has 10 heteroatoms. The molecule has 1 aliphatic rings. The van der Waals surface area contributed by atoms with E-state index in [0.29, 0.717) is 19.8 Å². The number of rotatable bonds is 10. The first-order valence-electron chi connectivity index (χ1n) is 12.7. The summed E-state index contributed by atoms with van der Waals surface area (Å²) >= 11 is 0. The van der Waals surface area contributed by atoms with E-state index in [-0.39, 0.29) is 47.4 Å². The lowest BCUT2D eigenvalue weighted by Gasteiger charge is -2.22. The van der Waals surface area contributed by atoms with Crippen LogP contribution in [-0.4, -0.2) is 44.2 Å². The SMILES string of the molecule is CCC(=O)Nc1nc(F)nc2c1ncn2[C@@H]1O[C@H](COCc2ccccc2)C(OCc2ccccc2)[C@H]1C. The van der Waals surface area contributed by atoms with Gasteiger partial charge < -0.3 is 19.5 Å². The molecule has 1 aliphatic heterocycles. The van der Waals surface area contributed by atoms with Crippen LogP contribution in [0, 0.1) is 12.0 Å². The van der Waals surface area contributed by atoms with Crippen molar-refractivity contribution in [3.63, 3.8) is 0 Å². The lowest BCUT2D eigenvalue weighted by Crippen LogP contribution is -2.32. The molecule has 4 aromatic rings. The monoisotopic (exact) mass is 519 g/mol. The lowest BCUT2D eigenvalue weighted by molar-refractivity contribution is -0.115. The van der Waals surface area contributed by atoms with Gasteiger partial charge in [-0.3, -0.25) is 9.36 Å². The average Bonchev–Trinajstić information content (AvgIpc) is 3.49. The number of carbonyl (C=O) groups excluding carboxylic acids is 1. The van der Waals surface area contributed by atoms with Gasteiger partial charge in [-0.25, -0.2) is 4.98 Å². The van der Waals surface area contributed by atoms with Crippen LogP contribution in [-0.2, 0) is 32.2 Å². The van der Waals surface area contributed by atoms with Crippen molar-refractivity contribution >= 4 is 22.9 Å². The molecule has 0 aliphatic carbocycles. The zero-order valence-electron chi connectivity index (χ0n) is 21.3. The van der Waals surface area contributed by atoms with Gasteiger partial charge in [-0.15, -0.1) is 0 Å². The smallest absolute Gasteiger partial charge is 0.312 e. The summed E-state index contributed by atoms with van der Waals surface area (Å²) in [4.78, 5) is 24.0.